The average Bonchev–Trinajstić information content (AvgIpc) is 2.84. The fraction of sp³-hybridized carbons (Fsp3) is 0.556. The molecule has 31 heavy (non-hydrogen) atoms. The molecule has 0 radical (unpaired) electrons. The molecule has 168 valence electrons. The van der Waals surface area contributed by atoms with Gasteiger partial charge in [-0.2, -0.15) is 0 Å². The van der Waals surface area contributed by atoms with Crippen LogP contribution in [0.25, 0.3) is 0 Å². The van der Waals surface area contributed by atoms with E-state index in [-0.39, 0.29) is 6.29 Å². The van der Waals surface area contributed by atoms with Gasteiger partial charge < -0.3 is 14.2 Å². The smallest absolute Gasteiger partial charge is 0.157 e. The van der Waals surface area contributed by atoms with Crippen molar-refractivity contribution < 1.29 is 14.2 Å². The monoisotopic (exact) mass is 423 g/mol. The van der Waals surface area contributed by atoms with E-state index < -0.39 is 0 Å². The molecule has 2 aromatic rings. The Kier molecular flexibility index (Phi) is 8.95. The van der Waals surface area contributed by atoms with Gasteiger partial charge in [-0.25, -0.2) is 0 Å². The maximum atomic E-state index is 6.14. The topological polar surface area (TPSA) is 30.9 Å². The van der Waals surface area contributed by atoms with Gasteiger partial charge in [0.25, 0.3) is 0 Å². The lowest BCUT2D eigenvalue weighted by molar-refractivity contribution is -0.172. The van der Waals surface area contributed by atoms with Crippen molar-refractivity contribution in [3.63, 3.8) is 0 Å². The standard InChI is InChI=1S/C27H37NO3/c1-3-9-23(10-4-1)21-28(22-24-11-5-2-6-12-24)25-14-16-26(17-15-25)29-19-20-31-27-13-7-8-18-30-27/h1-6,9-12,25-27H,7-8,13-22H2. The van der Waals surface area contributed by atoms with Gasteiger partial charge in [0, 0.05) is 25.7 Å². The van der Waals surface area contributed by atoms with Gasteiger partial charge in [-0.1, -0.05) is 60.7 Å². The predicted molar refractivity (Wildman–Crippen MR) is 124 cm³/mol. The van der Waals surface area contributed by atoms with Gasteiger partial charge in [0.1, 0.15) is 0 Å². The van der Waals surface area contributed by atoms with Crippen molar-refractivity contribution in [3.05, 3.63) is 71.8 Å². The van der Waals surface area contributed by atoms with Crippen LogP contribution in [0.2, 0.25) is 0 Å². The van der Waals surface area contributed by atoms with E-state index in [0.29, 0.717) is 25.4 Å². The number of hydrogen-bond acceptors (Lipinski definition) is 4. The molecular formula is C27H37NO3. The van der Waals surface area contributed by atoms with Crippen molar-refractivity contribution in [3.8, 4) is 0 Å². The molecule has 0 bridgehead atoms. The fourth-order valence-electron chi connectivity index (χ4n) is 4.76. The number of benzene rings is 2. The van der Waals surface area contributed by atoms with Crippen molar-refractivity contribution in [2.75, 3.05) is 19.8 Å². The summed E-state index contributed by atoms with van der Waals surface area (Å²) in [6.07, 6.45) is 8.37. The zero-order valence-corrected chi connectivity index (χ0v) is 18.7. The summed E-state index contributed by atoms with van der Waals surface area (Å²) in [7, 11) is 0. The summed E-state index contributed by atoms with van der Waals surface area (Å²) in [4.78, 5) is 2.66. The highest BCUT2D eigenvalue weighted by Gasteiger charge is 2.26. The average molecular weight is 424 g/mol. The fourth-order valence-corrected chi connectivity index (χ4v) is 4.76. The number of rotatable bonds is 10. The van der Waals surface area contributed by atoms with Crippen LogP contribution < -0.4 is 0 Å². The van der Waals surface area contributed by atoms with Gasteiger partial charge in [0.15, 0.2) is 6.29 Å². The van der Waals surface area contributed by atoms with E-state index in [1.54, 1.807) is 0 Å². The minimum Gasteiger partial charge on any atom is -0.376 e. The lowest BCUT2D eigenvalue weighted by atomic mass is 9.91. The molecule has 2 aliphatic rings. The van der Waals surface area contributed by atoms with Crippen molar-refractivity contribution in [1.82, 2.24) is 4.90 Å². The molecule has 4 rings (SSSR count). The van der Waals surface area contributed by atoms with E-state index in [1.165, 1.54) is 30.4 Å². The van der Waals surface area contributed by atoms with Crippen LogP contribution in [-0.4, -0.2) is 43.2 Å². The summed E-state index contributed by atoms with van der Waals surface area (Å²) < 4.78 is 17.6. The van der Waals surface area contributed by atoms with Crippen molar-refractivity contribution in [1.29, 1.82) is 0 Å². The van der Waals surface area contributed by atoms with E-state index in [2.05, 4.69) is 65.6 Å². The molecule has 1 heterocycles. The Labute approximate surface area is 187 Å². The Morgan fingerprint density at radius 3 is 1.90 bits per heavy atom. The first-order chi connectivity index (χ1) is 15.4. The Bertz CT molecular complexity index is 683. The molecule has 1 unspecified atom stereocenters. The molecule has 4 heteroatoms. The van der Waals surface area contributed by atoms with Crippen LogP contribution in [0.1, 0.15) is 56.1 Å². The first-order valence-corrected chi connectivity index (χ1v) is 12.0. The summed E-state index contributed by atoms with van der Waals surface area (Å²) in [6.45, 7) is 4.14. The van der Waals surface area contributed by atoms with Gasteiger partial charge in [-0.05, 0) is 56.1 Å². The molecular weight excluding hydrogens is 386 g/mol. The molecule has 4 nitrogen and oxygen atoms in total. The highest BCUT2D eigenvalue weighted by molar-refractivity contribution is 5.17. The van der Waals surface area contributed by atoms with Gasteiger partial charge in [-0.15, -0.1) is 0 Å². The third kappa shape index (κ3) is 7.43. The number of hydrogen-bond donors (Lipinski definition) is 0. The second kappa shape index (κ2) is 12.4. The molecule has 2 aromatic carbocycles. The highest BCUT2D eigenvalue weighted by atomic mass is 16.7. The lowest BCUT2D eigenvalue weighted by Crippen LogP contribution is -2.39. The van der Waals surface area contributed by atoms with E-state index in [1.807, 2.05) is 0 Å². The SMILES string of the molecule is c1ccc(CN(Cc2ccccc2)C2CCC(OCCOC3CCCCO3)CC2)cc1. The lowest BCUT2D eigenvalue weighted by Gasteiger charge is -2.37. The molecule has 1 aliphatic heterocycles. The zero-order chi connectivity index (χ0) is 21.1. The van der Waals surface area contributed by atoms with E-state index in [9.17, 15) is 0 Å². The summed E-state index contributed by atoms with van der Waals surface area (Å²) >= 11 is 0. The van der Waals surface area contributed by atoms with Crippen LogP contribution in [0, 0.1) is 0 Å². The molecule has 1 aliphatic carbocycles. The van der Waals surface area contributed by atoms with Crippen LogP contribution in [0.5, 0.6) is 0 Å². The Morgan fingerprint density at radius 2 is 1.32 bits per heavy atom. The molecule has 1 saturated carbocycles. The zero-order valence-electron chi connectivity index (χ0n) is 18.7. The molecule has 1 saturated heterocycles. The van der Waals surface area contributed by atoms with Crippen molar-refractivity contribution >= 4 is 0 Å². The van der Waals surface area contributed by atoms with Crippen LogP contribution in [-0.2, 0) is 27.3 Å². The van der Waals surface area contributed by atoms with E-state index in [0.717, 1.165) is 45.4 Å². The maximum absolute atomic E-state index is 6.14. The van der Waals surface area contributed by atoms with Gasteiger partial charge in [0.05, 0.1) is 19.3 Å². The van der Waals surface area contributed by atoms with Crippen molar-refractivity contribution in [2.45, 2.75) is 76.5 Å². The largest absolute Gasteiger partial charge is 0.376 e. The van der Waals surface area contributed by atoms with Crippen LogP contribution in [0.3, 0.4) is 0 Å². The Balaban J connectivity index is 1.23. The number of ether oxygens (including phenoxy) is 3. The highest BCUT2D eigenvalue weighted by Crippen LogP contribution is 2.28. The molecule has 0 amide bonds. The minimum atomic E-state index is -0.0161. The second-order valence-electron chi connectivity index (χ2n) is 8.84. The first-order valence-electron chi connectivity index (χ1n) is 12.0. The molecule has 0 aromatic heterocycles. The van der Waals surface area contributed by atoms with Crippen LogP contribution in [0.15, 0.2) is 60.7 Å². The summed E-state index contributed by atoms with van der Waals surface area (Å²) in [5, 5.41) is 0. The maximum Gasteiger partial charge on any atom is 0.157 e. The first kappa shape index (κ1) is 22.5. The predicted octanol–water partition coefficient (Wildman–Crippen LogP) is 5.56. The van der Waals surface area contributed by atoms with Crippen LogP contribution in [0.4, 0.5) is 0 Å². The number of nitrogens with zero attached hydrogens (tertiary/aromatic N) is 1. The Morgan fingerprint density at radius 1 is 0.710 bits per heavy atom. The molecule has 1 atom stereocenters. The summed E-state index contributed by atoms with van der Waals surface area (Å²) in [5.41, 5.74) is 2.78. The Hall–Kier alpha value is -1.72. The van der Waals surface area contributed by atoms with E-state index in [4.69, 9.17) is 14.2 Å². The molecule has 0 spiro atoms. The van der Waals surface area contributed by atoms with Gasteiger partial charge >= 0.3 is 0 Å². The van der Waals surface area contributed by atoms with Gasteiger partial charge in [-0.3, -0.25) is 4.90 Å². The third-order valence-corrected chi connectivity index (χ3v) is 6.50. The van der Waals surface area contributed by atoms with Crippen molar-refractivity contribution in [2.24, 2.45) is 0 Å². The molecule has 2 fully saturated rings. The molecule has 0 N–H and O–H groups in total. The second-order valence-corrected chi connectivity index (χ2v) is 8.84. The minimum absolute atomic E-state index is 0.0161. The quantitative estimate of drug-likeness (QED) is 0.468. The summed E-state index contributed by atoms with van der Waals surface area (Å²) in [6, 6.07) is 22.3. The van der Waals surface area contributed by atoms with E-state index >= 15 is 0 Å². The third-order valence-electron chi connectivity index (χ3n) is 6.50. The van der Waals surface area contributed by atoms with Crippen LogP contribution >= 0.6 is 0 Å². The summed E-state index contributed by atoms with van der Waals surface area (Å²) in [5.74, 6) is 0. The normalized spacial score (nSPS) is 24.4. The van der Waals surface area contributed by atoms with Gasteiger partial charge in [0.2, 0.25) is 0 Å².